The van der Waals surface area contributed by atoms with Gasteiger partial charge in [0.15, 0.2) is 5.16 Å². The van der Waals surface area contributed by atoms with E-state index in [0.29, 0.717) is 10.0 Å². The Bertz CT molecular complexity index is 1090. The first-order valence-electron chi connectivity index (χ1n) is 9.36. The summed E-state index contributed by atoms with van der Waals surface area (Å²) in [4.78, 5) is 27.1. The minimum atomic E-state index is -0.356. The number of H-pyrrole nitrogens is 1. The van der Waals surface area contributed by atoms with Crippen molar-refractivity contribution in [2.24, 2.45) is 0 Å². The number of aromatic nitrogens is 3. The van der Waals surface area contributed by atoms with Crippen LogP contribution in [0.1, 0.15) is 30.2 Å². The summed E-state index contributed by atoms with van der Waals surface area (Å²) in [6.07, 6.45) is 2.36. The molecule has 2 aromatic carbocycles. The van der Waals surface area contributed by atoms with Gasteiger partial charge in [0.25, 0.3) is 5.56 Å². The average Bonchev–Trinajstić information content (AvgIpc) is 2.72. The highest BCUT2D eigenvalue weighted by Gasteiger charge is 2.10. The molecule has 6 nitrogen and oxygen atoms in total. The summed E-state index contributed by atoms with van der Waals surface area (Å²) in [6, 6.07) is 12.9. The van der Waals surface area contributed by atoms with Gasteiger partial charge in [-0.15, -0.1) is 10.2 Å². The van der Waals surface area contributed by atoms with Crippen LogP contribution in [0.5, 0.6) is 0 Å². The Hall–Kier alpha value is -2.35. The van der Waals surface area contributed by atoms with Crippen LogP contribution in [-0.4, -0.2) is 26.8 Å². The van der Waals surface area contributed by atoms with E-state index in [2.05, 4.69) is 27.4 Å². The number of nitrogens with one attached hydrogen (secondary N) is 2. The van der Waals surface area contributed by atoms with E-state index in [1.165, 1.54) is 5.56 Å². The maximum Gasteiger partial charge on any atom is 0.273 e. The van der Waals surface area contributed by atoms with E-state index >= 15 is 0 Å². The number of carbonyl (C=O) groups excluding carboxylic acids is 1. The number of benzene rings is 2. The molecule has 2 N–H and O–H groups in total. The summed E-state index contributed by atoms with van der Waals surface area (Å²) in [5.74, 6) is -0.0845. The minimum Gasteiger partial charge on any atom is -0.325 e. The van der Waals surface area contributed by atoms with Gasteiger partial charge in [0.05, 0.1) is 15.8 Å². The highest BCUT2D eigenvalue weighted by molar-refractivity contribution is 7.99. The Balaban J connectivity index is 1.55. The molecule has 1 amide bonds. The molecule has 0 unspecified atom stereocenters. The monoisotopic (exact) mass is 462 g/mol. The van der Waals surface area contributed by atoms with Crippen molar-refractivity contribution >= 4 is 46.6 Å². The normalized spacial score (nSPS) is 10.8. The number of aromatic amines is 1. The van der Waals surface area contributed by atoms with Gasteiger partial charge in [-0.2, -0.15) is 0 Å². The first-order chi connectivity index (χ1) is 14.4. The van der Waals surface area contributed by atoms with Crippen molar-refractivity contribution in [3.8, 4) is 0 Å². The summed E-state index contributed by atoms with van der Waals surface area (Å²) in [6.45, 7) is 2.12. The van der Waals surface area contributed by atoms with Crippen LogP contribution in [0.15, 0.2) is 52.4 Å². The molecule has 3 aromatic rings. The number of thioether (sulfide) groups is 1. The van der Waals surface area contributed by atoms with Crippen molar-refractivity contribution in [3.63, 3.8) is 0 Å². The summed E-state index contributed by atoms with van der Waals surface area (Å²) >= 11 is 13.0. The molecule has 0 saturated heterocycles. The zero-order chi connectivity index (χ0) is 21.5. The van der Waals surface area contributed by atoms with Gasteiger partial charge in [-0.1, -0.05) is 66.5 Å². The molecule has 0 radical (unpaired) electrons. The third kappa shape index (κ3) is 6.32. The van der Waals surface area contributed by atoms with Crippen LogP contribution in [0.4, 0.5) is 5.69 Å². The molecule has 3 rings (SSSR count). The molecular formula is C21H20Cl2N4O2S. The number of aryl methyl sites for hydroxylation is 1. The van der Waals surface area contributed by atoms with Crippen LogP contribution >= 0.6 is 35.0 Å². The van der Waals surface area contributed by atoms with Gasteiger partial charge in [0.1, 0.15) is 5.69 Å². The number of rotatable bonds is 8. The molecule has 156 valence electrons. The smallest absolute Gasteiger partial charge is 0.273 e. The fourth-order valence-corrected chi connectivity index (χ4v) is 3.67. The number of carbonyl (C=O) groups is 1. The highest BCUT2D eigenvalue weighted by Crippen LogP contribution is 2.23. The van der Waals surface area contributed by atoms with Crippen molar-refractivity contribution in [3.05, 3.63) is 79.7 Å². The number of halogens is 2. The lowest BCUT2D eigenvalue weighted by atomic mass is 10.1. The molecule has 0 saturated carbocycles. The highest BCUT2D eigenvalue weighted by atomic mass is 35.5. The summed E-state index contributed by atoms with van der Waals surface area (Å²) < 4.78 is 0. The second-order valence-corrected chi connectivity index (χ2v) is 8.39. The Morgan fingerprint density at radius 3 is 2.47 bits per heavy atom. The van der Waals surface area contributed by atoms with Gasteiger partial charge in [-0.25, -0.2) is 0 Å². The maximum atomic E-state index is 12.3. The van der Waals surface area contributed by atoms with E-state index in [4.69, 9.17) is 23.2 Å². The SMILES string of the molecule is CCCc1ccc(NC(=O)CSc2nnc(Cc3ccc(Cl)c(Cl)c3)c(=O)[nH]2)cc1. The second-order valence-electron chi connectivity index (χ2n) is 6.61. The molecule has 9 heteroatoms. The minimum absolute atomic E-state index is 0.105. The third-order valence-electron chi connectivity index (χ3n) is 4.22. The topological polar surface area (TPSA) is 87.7 Å². The van der Waals surface area contributed by atoms with Gasteiger partial charge >= 0.3 is 0 Å². The van der Waals surface area contributed by atoms with E-state index in [0.717, 1.165) is 35.9 Å². The molecule has 0 aliphatic rings. The molecule has 0 aliphatic carbocycles. The number of amides is 1. The molecule has 0 spiro atoms. The molecule has 1 aromatic heterocycles. The number of anilines is 1. The lowest BCUT2D eigenvalue weighted by Gasteiger charge is -2.06. The van der Waals surface area contributed by atoms with Crippen LogP contribution in [0.3, 0.4) is 0 Å². The van der Waals surface area contributed by atoms with Crippen LogP contribution in [0.25, 0.3) is 0 Å². The fourth-order valence-electron chi connectivity index (χ4n) is 2.74. The van der Waals surface area contributed by atoms with Gasteiger partial charge in [-0.3, -0.25) is 14.6 Å². The van der Waals surface area contributed by atoms with Crippen molar-refractivity contribution in [1.82, 2.24) is 15.2 Å². The van der Waals surface area contributed by atoms with Crippen molar-refractivity contribution in [2.75, 3.05) is 11.1 Å². The molecule has 0 atom stereocenters. The first-order valence-corrected chi connectivity index (χ1v) is 11.1. The largest absolute Gasteiger partial charge is 0.325 e. The zero-order valence-corrected chi connectivity index (χ0v) is 18.6. The maximum absolute atomic E-state index is 12.3. The standard InChI is InChI=1S/C21H20Cl2N4O2S/c1-2-3-13-4-7-15(8-5-13)24-19(28)12-30-21-25-20(29)18(26-27-21)11-14-6-9-16(22)17(23)10-14/h4-10H,2-3,11-12H2,1H3,(H,24,28)(H,25,27,29). The first kappa shape index (κ1) is 22.3. The van der Waals surface area contributed by atoms with Crippen molar-refractivity contribution in [2.45, 2.75) is 31.3 Å². The number of hydrogen-bond donors (Lipinski definition) is 2. The fraction of sp³-hybridized carbons (Fsp3) is 0.238. The Labute approximate surface area is 188 Å². The lowest BCUT2D eigenvalue weighted by molar-refractivity contribution is -0.113. The van der Waals surface area contributed by atoms with Gasteiger partial charge < -0.3 is 5.32 Å². The van der Waals surface area contributed by atoms with Crippen LogP contribution in [0.2, 0.25) is 10.0 Å². The molecule has 0 fully saturated rings. The summed E-state index contributed by atoms with van der Waals surface area (Å²) in [5, 5.41) is 12.0. The predicted molar refractivity (Wildman–Crippen MR) is 122 cm³/mol. The quantitative estimate of drug-likeness (QED) is 0.471. The van der Waals surface area contributed by atoms with E-state index in [1.807, 2.05) is 24.3 Å². The second kappa shape index (κ2) is 10.6. The van der Waals surface area contributed by atoms with Crippen LogP contribution < -0.4 is 10.9 Å². The van der Waals surface area contributed by atoms with Crippen molar-refractivity contribution in [1.29, 1.82) is 0 Å². The molecule has 30 heavy (non-hydrogen) atoms. The van der Waals surface area contributed by atoms with Gasteiger partial charge in [0, 0.05) is 12.1 Å². The number of hydrogen-bond acceptors (Lipinski definition) is 5. The lowest BCUT2D eigenvalue weighted by Crippen LogP contribution is -2.19. The van der Waals surface area contributed by atoms with E-state index in [9.17, 15) is 9.59 Å². The van der Waals surface area contributed by atoms with E-state index < -0.39 is 0 Å². The molecule has 1 heterocycles. The zero-order valence-electron chi connectivity index (χ0n) is 16.2. The Morgan fingerprint density at radius 2 is 1.80 bits per heavy atom. The van der Waals surface area contributed by atoms with Gasteiger partial charge in [-0.05, 0) is 41.8 Å². The average molecular weight is 463 g/mol. The van der Waals surface area contributed by atoms with E-state index in [1.54, 1.807) is 18.2 Å². The molecular weight excluding hydrogens is 443 g/mol. The predicted octanol–water partition coefficient (Wildman–Crippen LogP) is 4.75. The van der Waals surface area contributed by atoms with Crippen LogP contribution in [0, 0.1) is 0 Å². The Kier molecular flexibility index (Phi) is 7.90. The molecule has 0 aliphatic heterocycles. The third-order valence-corrected chi connectivity index (χ3v) is 5.82. The number of nitrogens with zero attached hydrogens (tertiary/aromatic N) is 2. The van der Waals surface area contributed by atoms with Gasteiger partial charge in [0.2, 0.25) is 5.91 Å². The van der Waals surface area contributed by atoms with E-state index in [-0.39, 0.29) is 34.5 Å². The molecule has 0 bridgehead atoms. The Morgan fingerprint density at radius 1 is 1.07 bits per heavy atom. The van der Waals surface area contributed by atoms with Crippen LogP contribution in [-0.2, 0) is 17.6 Å². The van der Waals surface area contributed by atoms with Crippen molar-refractivity contribution < 1.29 is 4.79 Å². The summed E-state index contributed by atoms with van der Waals surface area (Å²) in [5.41, 5.74) is 2.67. The summed E-state index contributed by atoms with van der Waals surface area (Å²) in [7, 11) is 0.